The summed E-state index contributed by atoms with van der Waals surface area (Å²) in [6, 6.07) is 8.67. The highest BCUT2D eigenvalue weighted by Gasteiger charge is 2.19. The maximum absolute atomic E-state index is 5.92. The Labute approximate surface area is 119 Å². The maximum atomic E-state index is 5.92. The first kappa shape index (κ1) is 13.5. The molecule has 0 amide bonds. The van der Waals surface area contributed by atoms with E-state index in [0.29, 0.717) is 6.04 Å². The molecule has 1 aliphatic rings. The normalized spacial score (nSPS) is 20.4. The Morgan fingerprint density at radius 1 is 1.40 bits per heavy atom. The fraction of sp³-hybridized carbons (Fsp3) is 0.500. The number of methoxy groups -OCH3 is 1. The van der Waals surface area contributed by atoms with Gasteiger partial charge in [0.15, 0.2) is 0 Å². The molecule has 2 heterocycles. The summed E-state index contributed by atoms with van der Waals surface area (Å²) in [6.45, 7) is 3.13. The van der Waals surface area contributed by atoms with Crippen molar-refractivity contribution in [2.24, 2.45) is 0 Å². The highest BCUT2D eigenvalue weighted by atomic mass is 16.5. The maximum Gasteiger partial charge on any atom is 0.134 e. The molecule has 3 rings (SSSR count). The second kappa shape index (κ2) is 5.85. The van der Waals surface area contributed by atoms with Crippen molar-refractivity contribution in [3.63, 3.8) is 0 Å². The lowest BCUT2D eigenvalue weighted by atomic mass is 10.1. The SMILES string of the molecule is CNC1CCCN(Cc2cc3cc(OC)ccc3o2)C1. The molecular formula is C16H22N2O2. The van der Waals surface area contributed by atoms with Gasteiger partial charge in [-0.25, -0.2) is 0 Å². The second-order valence-electron chi connectivity index (χ2n) is 5.48. The van der Waals surface area contributed by atoms with Crippen LogP contribution in [0.25, 0.3) is 11.0 Å². The van der Waals surface area contributed by atoms with Gasteiger partial charge >= 0.3 is 0 Å². The molecule has 0 bridgehead atoms. The Morgan fingerprint density at radius 3 is 3.10 bits per heavy atom. The van der Waals surface area contributed by atoms with Gasteiger partial charge in [0.25, 0.3) is 0 Å². The number of likely N-dealkylation sites (N-methyl/N-ethyl adjacent to an activating group) is 1. The van der Waals surface area contributed by atoms with Crippen LogP contribution in [-0.4, -0.2) is 38.2 Å². The number of rotatable bonds is 4. The molecule has 1 unspecified atom stereocenters. The minimum absolute atomic E-state index is 0.605. The first-order valence-corrected chi connectivity index (χ1v) is 7.24. The van der Waals surface area contributed by atoms with E-state index in [1.165, 1.54) is 12.8 Å². The van der Waals surface area contributed by atoms with E-state index in [0.717, 1.165) is 42.1 Å². The topological polar surface area (TPSA) is 37.6 Å². The molecule has 108 valence electrons. The molecule has 0 saturated carbocycles. The molecule has 0 radical (unpaired) electrons. The van der Waals surface area contributed by atoms with Crippen LogP contribution in [0.15, 0.2) is 28.7 Å². The zero-order valence-electron chi connectivity index (χ0n) is 12.2. The van der Waals surface area contributed by atoms with E-state index in [-0.39, 0.29) is 0 Å². The van der Waals surface area contributed by atoms with Crippen LogP contribution in [0.5, 0.6) is 5.75 Å². The first-order chi connectivity index (χ1) is 9.78. The van der Waals surface area contributed by atoms with Crippen molar-refractivity contribution >= 4 is 11.0 Å². The Bertz CT molecular complexity index is 579. The number of hydrogen-bond donors (Lipinski definition) is 1. The smallest absolute Gasteiger partial charge is 0.134 e. The highest BCUT2D eigenvalue weighted by Crippen LogP contribution is 2.25. The molecule has 0 spiro atoms. The molecule has 2 aromatic rings. The molecule has 1 aromatic heterocycles. The number of nitrogens with one attached hydrogen (secondary N) is 1. The molecule has 1 aliphatic heterocycles. The average Bonchev–Trinajstić information content (AvgIpc) is 2.88. The second-order valence-corrected chi connectivity index (χ2v) is 5.48. The summed E-state index contributed by atoms with van der Waals surface area (Å²) in [5.41, 5.74) is 0.933. The molecule has 1 saturated heterocycles. The van der Waals surface area contributed by atoms with Gasteiger partial charge in [-0.2, -0.15) is 0 Å². The predicted octanol–water partition coefficient (Wildman–Crippen LogP) is 2.63. The van der Waals surface area contributed by atoms with Crippen molar-refractivity contribution in [1.82, 2.24) is 10.2 Å². The van der Waals surface area contributed by atoms with Gasteiger partial charge in [-0.15, -0.1) is 0 Å². The Kier molecular flexibility index (Phi) is 3.94. The van der Waals surface area contributed by atoms with E-state index in [4.69, 9.17) is 9.15 Å². The van der Waals surface area contributed by atoms with Gasteiger partial charge in [0.2, 0.25) is 0 Å². The van der Waals surface area contributed by atoms with Gasteiger partial charge in [-0.3, -0.25) is 4.90 Å². The number of nitrogens with zero attached hydrogens (tertiary/aromatic N) is 1. The molecule has 4 heteroatoms. The van der Waals surface area contributed by atoms with Crippen LogP contribution in [0, 0.1) is 0 Å². The average molecular weight is 274 g/mol. The van der Waals surface area contributed by atoms with Crippen LogP contribution in [-0.2, 0) is 6.54 Å². The zero-order chi connectivity index (χ0) is 13.9. The summed E-state index contributed by atoms with van der Waals surface area (Å²) < 4.78 is 11.2. The van der Waals surface area contributed by atoms with Gasteiger partial charge in [-0.05, 0) is 50.7 Å². The van der Waals surface area contributed by atoms with Gasteiger partial charge in [0, 0.05) is 18.0 Å². The fourth-order valence-electron chi connectivity index (χ4n) is 2.94. The van der Waals surface area contributed by atoms with E-state index in [2.05, 4.69) is 16.3 Å². The Hall–Kier alpha value is -1.52. The van der Waals surface area contributed by atoms with Gasteiger partial charge in [-0.1, -0.05) is 0 Å². The Balaban J connectivity index is 1.74. The molecular weight excluding hydrogens is 252 g/mol. The summed E-state index contributed by atoms with van der Waals surface area (Å²) in [5, 5.41) is 4.49. The van der Waals surface area contributed by atoms with Crippen molar-refractivity contribution in [3.05, 3.63) is 30.0 Å². The van der Waals surface area contributed by atoms with Crippen molar-refractivity contribution < 1.29 is 9.15 Å². The minimum atomic E-state index is 0.605. The number of piperidine rings is 1. The van der Waals surface area contributed by atoms with Crippen LogP contribution < -0.4 is 10.1 Å². The summed E-state index contributed by atoms with van der Waals surface area (Å²) >= 11 is 0. The lowest BCUT2D eigenvalue weighted by molar-refractivity contribution is 0.177. The minimum Gasteiger partial charge on any atom is -0.497 e. The van der Waals surface area contributed by atoms with E-state index in [9.17, 15) is 0 Å². The number of likely N-dealkylation sites (tertiary alicyclic amines) is 1. The van der Waals surface area contributed by atoms with E-state index < -0.39 is 0 Å². The highest BCUT2D eigenvalue weighted by molar-refractivity contribution is 5.79. The van der Waals surface area contributed by atoms with Crippen molar-refractivity contribution in [2.75, 3.05) is 27.2 Å². The number of benzene rings is 1. The third kappa shape index (κ3) is 2.81. The third-order valence-electron chi connectivity index (χ3n) is 4.07. The fourth-order valence-corrected chi connectivity index (χ4v) is 2.94. The van der Waals surface area contributed by atoms with Crippen LogP contribution in [0.3, 0.4) is 0 Å². The largest absolute Gasteiger partial charge is 0.497 e. The van der Waals surface area contributed by atoms with Gasteiger partial charge in [0.1, 0.15) is 17.1 Å². The zero-order valence-corrected chi connectivity index (χ0v) is 12.2. The third-order valence-corrected chi connectivity index (χ3v) is 4.07. The van der Waals surface area contributed by atoms with E-state index in [1.54, 1.807) is 7.11 Å². The van der Waals surface area contributed by atoms with Crippen LogP contribution in [0.1, 0.15) is 18.6 Å². The predicted molar refractivity (Wildman–Crippen MR) is 80.1 cm³/mol. The Morgan fingerprint density at radius 2 is 2.30 bits per heavy atom. The number of furan rings is 1. The molecule has 1 fully saturated rings. The molecule has 1 N–H and O–H groups in total. The number of fused-ring (bicyclic) bond motifs is 1. The van der Waals surface area contributed by atoms with Crippen LogP contribution >= 0.6 is 0 Å². The van der Waals surface area contributed by atoms with Crippen molar-refractivity contribution in [1.29, 1.82) is 0 Å². The molecule has 1 aromatic carbocycles. The van der Waals surface area contributed by atoms with Crippen LogP contribution in [0.4, 0.5) is 0 Å². The number of ether oxygens (including phenoxy) is 1. The van der Waals surface area contributed by atoms with Crippen molar-refractivity contribution in [3.8, 4) is 5.75 Å². The van der Waals surface area contributed by atoms with E-state index >= 15 is 0 Å². The molecule has 4 nitrogen and oxygen atoms in total. The van der Waals surface area contributed by atoms with Gasteiger partial charge < -0.3 is 14.5 Å². The number of hydrogen-bond acceptors (Lipinski definition) is 4. The summed E-state index contributed by atoms with van der Waals surface area (Å²) in [5.74, 6) is 1.91. The van der Waals surface area contributed by atoms with E-state index in [1.807, 2.05) is 25.2 Å². The summed E-state index contributed by atoms with van der Waals surface area (Å²) in [6.07, 6.45) is 2.52. The first-order valence-electron chi connectivity index (χ1n) is 7.24. The van der Waals surface area contributed by atoms with Crippen molar-refractivity contribution in [2.45, 2.75) is 25.4 Å². The molecule has 0 aliphatic carbocycles. The standard InChI is InChI=1S/C16H22N2O2/c1-17-13-4-3-7-18(10-13)11-15-9-12-8-14(19-2)5-6-16(12)20-15/h5-6,8-9,13,17H,3-4,7,10-11H2,1-2H3. The summed E-state index contributed by atoms with van der Waals surface area (Å²) in [4.78, 5) is 2.46. The monoisotopic (exact) mass is 274 g/mol. The lowest BCUT2D eigenvalue weighted by Gasteiger charge is -2.31. The van der Waals surface area contributed by atoms with Gasteiger partial charge in [0.05, 0.1) is 13.7 Å². The lowest BCUT2D eigenvalue weighted by Crippen LogP contribution is -2.43. The quantitative estimate of drug-likeness (QED) is 0.930. The molecule has 1 atom stereocenters. The molecule has 20 heavy (non-hydrogen) atoms. The summed E-state index contributed by atoms with van der Waals surface area (Å²) in [7, 11) is 3.73. The van der Waals surface area contributed by atoms with Crippen LogP contribution in [0.2, 0.25) is 0 Å².